The second-order valence-electron chi connectivity index (χ2n) is 3.99. The fraction of sp³-hybridized carbons (Fsp3) is 0.200. The zero-order chi connectivity index (χ0) is 13.5. The van der Waals surface area contributed by atoms with Crippen LogP contribution in [0, 0.1) is 0 Å². The number of nitrogens with zero attached hydrogens (tertiary/aromatic N) is 1. The smallest absolute Gasteiger partial charge is 0.338 e. The van der Waals surface area contributed by atoms with Crippen LogP contribution in [0.15, 0.2) is 48.7 Å². The number of anilines is 1. The van der Waals surface area contributed by atoms with Gasteiger partial charge < -0.3 is 10.1 Å². The van der Waals surface area contributed by atoms with Crippen LogP contribution < -0.4 is 5.32 Å². The summed E-state index contributed by atoms with van der Waals surface area (Å²) in [5.74, 6) is 0.335. The summed E-state index contributed by atoms with van der Waals surface area (Å²) >= 11 is 0. The van der Waals surface area contributed by atoms with Crippen molar-refractivity contribution >= 4 is 11.8 Å². The number of carbonyl (C=O) groups excluding carboxylic acids is 1. The highest BCUT2D eigenvalue weighted by Gasteiger charge is 2.07. The van der Waals surface area contributed by atoms with E-state index in [2.05, 4.69) is 10.3 Å². The highest BCUT2D eigenvalue weighted by molar-refractivity contribution is 5.90. The lowest BCUT2D eigenvalue weighted by Gasteiger charge is -2.07. The van der Waals surface area contributed by atoms with Crippen LogP contribution in [0.4, 0.5) is 5.82 Å². The molecule has 2 rings (SSSR count). The van der Waals surface area contributed by atoms with Crippen molar-refractivity contribution in [3.05, 3.63) is 59.8 Å². The van der Waals surface area contributed by atoms with Gasteiger partial charge in [-0.15, -0.1) is 0 Å². The quantitative estimate of drug-likeness (QED) is 0.836. The number of benzene rings is 1. The Labute approximate surface area is 112 Å². The van der Waals surface area contributed by atoms with E-state index >= 15 is 0 Å². The Morgan fingerprint density at radius 2 is 2.05 bits per heavy atom. The number of rotatable bonds is 5. The number of nitrogens with one attached hydrogen (secondary N) is 1. The number of ether oxygens (including phenoxy) is 1. The first kappa shape index (κ1) is 13.1. The maximum absolute atomic E-state index is 11.6. The molecule has 0 aliphatic carbocycles. The van der Waals surface area contributed by atoms with Crippen molar-refractivity contribution in [1.82, 2.24) is 4.98 Å². The summed E-state index contributed by atoms with van der Waals surface area (Å²) in [6, 6.07) is 13.3. The molecule has 1 heterocycles. The number of esters is 1. The van der Waals surface area contributed by atoms with Crippen LogP contribution in [-0.4, -0.2) is 17.6 Å². The summed E-state index contributed by atoms with van der Waals surface area (Å²) < 4.78 is 4.95. The van der Waals surface area contributed by atoms with E-state index in [4.69, 9.17) is 4.74 Å². The average Bonchev–Trinajstić information content (AvgIpc) is 2.47. The third-order valence-electron chi connectivity index (χ3n) is 2.59. The van der Waals surface area contributed by atoms with Crippen molar-refractivity contribution in [1.29, 1.82) is 0 Å². The first-order chi connectivity index (χ1) is 9.29. The van der Waals surface area contributed by atoms with Gasteiger partial charge in [0, 0.05) is 12.7 Å². The van der Waals surface area contributed by atoms with E-state index in [1.54, 1.807) is 25.3 Å². The topological polar surface area (TPSA) is 51.2 Å². The third kappa shape index (κ3) is 3.81. The normalized spacial score (nSPS) is 9.95. The Morgan fingerprint density at radius 1 is 1.26 bits per heavy atom. The highest BCUT2D eigenvalue weighted by Crippen LogP contribution is 2.10. The molecule has 0 aliphatic rings. The van der Waals surface area contributed by atoms with Gasteiger partial charge in [0.25, 0.3) is 0 Å². The summed E-state index contributed by atoms with van der Waals surface area (Å²) in [5, 5.41) is 3.18. The van der Waals surface area contributed by atoms with E-state index in [1.807, 2.05) is 30.3 Å². The molecule has 4 heteroatoms. The van der Waals surface area contributed by atoms with Gasteiger partial charge >= 0.3 is 5.97 Å². The first-order valence-electron chi connectivity index (χ1n) is 6.20. The average molecular weight is 256 g/mol. The number of hydrogen-bond acceptors (Lipinski definition) is 4. The molecule has 0 radical (unpaired) electrons. The maximum Gasteiger partial charge on any atom is 0.338 e. The first-order valence-corrected chi connectivity index (χ1v) is 6.20. The van der Waals surface area contributed by atoms with Gasteiger partial charge in [0.05, 0.1) is 12.2 Å². The monoisotopic (exact) mass is 256 g/mol. The second kappa shape index (κ2) is 6.54. The van der Waals surface area contributed by atoms with Crippen molar-refractivity contribution in [2.75, 3.05) is 11.9 Å². The molecule has 0 spiro atoms. The van der Waals surface area contributed by atoms with Gasteiger partial charge in [-0.2, -0.15) is 0 Å². The second-order valence-corrected chi connectivity index (χ2v) is 3.99. The Hall–Kier alpha value is -2.36. The minimum absolute atomic E-state index is 0.326. The molecular formula is C15H16N2O2. The summed E-state index contributed by atoms with van der Waals surface area (Å²) in [7, 11) is 0. The van der Waals surface area contributed by atoms with Crippen molar-refractivity contribution in [2.45, 2.75) is 13.5 Å². The van der Waals surface area contributed by atoms with E-state index in [0.717, 1.165) is 5.56 Å². The van der Waals surface area contributed by atoms with Gasteiger partial charge in [-0.25, -0.2) is 9.78 Å². The highest BCUT2D eigenvalue weighted by atomic mass is 16.5. The SMILES string of the molecule is CCOC(=O)c1ccnc(NCc2ccccc2)c1. The molecule has 0 amide bonds. The molecule has 98 valence electrons. The van der Waals surface area contributed by atoms with Gasteiger partial charge in [-0.05, 0) is 24.6 Å². The van der Waals surface area contributed by atoms with Crippen molar-refractivity contribution < 1.29 is 9.53 Å². The van der Waals surface area contributed by atoms with E-state index in [1.165, 1.54) is 0 Å². The Balaban J connectivity index is 2.01. The standard InChI is InChI=1S/C15H16N2O2/c1-2-19-15(18)13-8-9-16-14(10-13)17-11-12-6-4-3-5-7-12/h3-10H,2,11H2,1H3,(H,16,17). The van der Waals surface area contributed by atoms with Crippen LogP contribution in [0.25, 0.3) is 0 Å². The summed E-state index contributed by atoms with van der Waals surface area (Å²) in [6.07, 6.45) is 1.60. The van der Waals surface area contributed by atoms with Gasteiger partial charge in [0.2, 0.25) is 0 Å². The minimum Gasteiger partial charge on any atom is -0.462 e. The zero-order valence-electron chi connectivity index (χ0n) is 10.8. The summed E-state index contributed by atoms with van der Waals surface area (Å²) in [4.78, 5) is 15.8. The van der Waals surface area contributed by atoms with E-state index < -0.39 is 0 Å². The number of carbonyl (C=O) groups is 1. The molecule has 0 fully saturated rings. The Morgan fingerprint density at radius 3 is 2.79 bits per heavy atom. The molecule has 2 aromatic rings. The molecule has 4 nitrogen and oxygen atoms in total. The summed E-state index contributed by atoms with van der Waals surface area (Å²) in [5.41, 5.74) is 1.67. The lowest BCUT2D eigenvalue weighted by atomic mass is 10.2. The van der Waals surface area contributed by atoms with Crippen molar-refractivity contribution in [2.24, 2.45) is 0 Å². The van der Waals surface area contributed by atoms with E-state index in [-0.39, 0.29) is 5.97 Å². The van der Waals surface area contributed by atoms with Crippen molar-refractivity contribution in [3.63, 3.8) is 0 Å². The molecule has 0 saturated heterocycles. The molecule has 0 bridgehead atoms. The van der Waals surface area contributed by atoms with Crippen LogP contribution in [0.3, 0.4) is 0 Å². The molecular weight excluding hydrogens is 240 g/mol. The minimum atomic E-state index is -0.326. The van der Waals surface area contributed by atoms with E-state index in [0.29, 0.717) is 24.5 Å². The lowest BCUT2D eigenvalue weighted by molar-refractivity contribution is 0.0526. The molecule has 0 unspecified atom stereocenters. The molecule has 19 heavy (non-hydrogen) atoms. The van der Waals surface area contributed by atoms with Crippen molar-refractivity contribution in [3.8, 4) is 0 Å². The molecule has 0 atom stereocenters. The fourth-order valence-electron chi connectivity index (χ4n) is 1.66. The van der Waals surface area contributed by atoms with Crippen LogP contribution in [-0.2, 0) is 11.3 Å². The molecule has 1 N–H and O–H groups in total. The molecule has 0 aliphatic heterocycles. The number of aromatic nitrogens is 1. The number of hydrogen-bond donors (Lipinski definition) is 1. The fourth-order valence-corrected chi connectivity index (χ4v) is 1.66. The summed E-state index contributed by atoms with van der Waals surface area (Å²) in [6.45, 7) is 2.82. The van der Waals surface area contributed by atoms with Crippen LogP contribution in [0.5, 0.6) is 0 Å². The number of pyridine rings is 1. The van der Waals surface area contributed by atoms with Crippen LogP contribution in [0.1, 0.15) is 22.8 Å². The maximum atomic E-state index is 11.6. The van der Waals surface area contributed by atoms with E-state index in [9.17, 15) is 4.79 Å². The molecule has 0 saturated carbocycles. The van der Waals surface area contributed by atoms with Gasteiger partial charge in [0.15, 0.2) is 0 Å². The van der Waals surface area contributed by atoms with Gasteiger partial charge in [-0.3, -0.25) is 0 Å². The molecule has 1 aromatic carbocycles. The largest absolute Gasteiger partial charge is 0.462 e. The zero-order valence-corrected chi connectivity index (χ0v) is 10.8. The van der Waals surface area contributed by atoms with Crippen LogP contribution >= 0.6 is 0 Å². The Bertz CT molecular complexity index is 541. The Kier molecular flexibility index (Phi) is 4.50. The van der Waals surface area contributed by atoms with Gasteiger partial charge in [-0.1, -0.05) is 30.3 Å². The third-order valence-corrected chi connectivity index (χ3v) is 2.59. The molecule has 1 aromatic heterocycles. The van der Waals surface area contributed by atoms with Gasteiger partial charge in [0.1, 0.15) is 5.82 Å². The predicted octanol–water partition coefficient (Wildman–Crippen LogP) is 2.87. The van der Waals surface area contributed by atoms with Crippen LogP contribution in [0.2, 0.25) is 0 Å². The lowest BCUT2D eigenvalue weighted by Crippen LogP contribution is -2.07. The predicted molar refractivity (Wildman–Crippen MR) is 74.0 cm³/mol.